The van der Waals surface area contributed by atoms with Crippen molar-refractivity contribution in [2.45, 2.75) is 0 Å². The molecule has 2 aromatic rings. The van der Waals surface area contributed by atoms with Crippen molar-refractivity contribution in [3.8, 4) is 11.6 Å². The topological polar surface area (TPSA) is 104 Å². The van der Waals surface area contributed by atoms with E-state index in [9.17, 15) is 14.5 Å². The molecule has 1 aromatic heterocycles. The molecular weight excluding hydrogens is 323 g/mol. The van der Waals surface area contributed by atoms with Gasteiger partial charge in [-0.15, -0.1) is 0 Å². The van der Waals surface area contributed by atoms with Crippen LogP contribution in [0.15, 0.2) is 29.0 Å². The minimum absolute atomic E-state index is 0.00204. The molecule has 0 radical (unpaired) electrons. The zero-order chi connectivity index (χ0) is 14.0. The molecule has 2 N–H and O–H groups in total. The summed E-state index contributed by atoms with van der Waals surface area (Å²) >= 11 is 3.09. The van der Waals surface area contributed by atoms with Crippen molar-refractivity contribution >= 4 is 27.4 Å². The first-order valence-corrected chi connectivity index (χ1v) is 5.66. The van der Waals surface area contributed by atoms with Crippen molar-refractivity contribution in [2.75, 3.05) is 5.73 Å². The molecule has 0 saturated heterocycles. The second-order valence-corrected chi connectivity index (χ2v) is 4.14. The van der Waals surface area contributed by atoms with E-state index in [0.717, 1.165) is 24.5 Å². The number of halogens is 2. The smallest absolute Gasteiger partial charge is 0.314 e. The normalized spacial score (nSPS) is 10.2. The standard InChI is InChI=1S/C10H6BrFN4O3/c11-8-9(13)14-4-15-10(8)19-7-2-1-5(12)3-6(7)16(17)18/h1-4H,(H2,13,14,15). The second kappa shape index (κ2) is 5.14. The lowest BCUT2D eigenvalue weighted by molar-refractivity contribution is -0.385. The van der Waals surface area contributed by atoms with Crippen LogP contribution in [0.2, 0.25) is 0 Å². The minimum Gasteiger partial charge on any atom is -0.430 e. The van der Waals surface area contributed by atoms with Crippen LogP contribution in [0.5, 0.6) is 11.6 Å². The molecule has 19 heavy (non-hydrogen) atoms. The zero-order valence-corrected chi connectivity index (χ0v) is 10.8. The maximum atomic E-state index is 13.0. The molecule has 98 valence electrons. The summed E-state index contributed by atoms with van der Waals surface area (Å²) < 4.78 is 18.5. The SMILES string of the molecule is Nc1ncnc(Oc2ccc(F)cc2[N+](=O)[O-])c1Br. The first-order chi connectivity index (χ1) is 8.99. The Morgan fingerprint density at radius 3 is 2.84 bits per heavy atom. The Balaban J connectivity index is 2.44. The third-order valence-electron chi connectivity index (χ3n) is 2.11. The van der Waals surface area contributed by atoms with E-state index in [1.165, 1.54) is 0 Å². The van der Waals surface area contributed by atoms with E-state index in [-0.39, 0.29) is 21.9 Å². The van der Waals surface area contributed by atoms with Gasteiger partial charge < -0.3 is 10.5 Å². The Morgan fingerprint density at radius 1 is 1.42 bits per heavy atom. The van der Waals surface area contributed by atoms with Crippen molar-refractivity contribution in [2.24, 2.45) is 0 Å². The lowest BCUT2D eigenvalue weighted by Crippen LogP contribution is -1.99. The number of hydrogen-bond acceptors (Lipinski definition) is 6. The van der Waals surface area contributed by atoms with Crippen LogP contribution in [-0.4, -0.2) is 14.9 Å². The number of aromatic nitrogens is 2. The molecule has 1 aromatic carbocycles. The number of nitrogens with zero attached hydrogens (tertiary/aromatic N) is 3. The number of hydrogen-bond donors (Lipinski definition) is 1. The largest absolute Gasteiger partial charge is 0.430 e. The lowest BCUT2D eigenvalue weighted by Gasteiger charge is -2.07. The summed E-state index contributed by atoms with van der Waals surface area (Å²) in [6, 6.07) is 2.94. The van der Waals surface area contributed by atoms with Crippen molar-refractivity contribution in [3.63, 3.8) is 0 Å². The molecule has 0 fully saturated rings. The summed E-state index contributed by atoms with van der Waals surface area (Å²) in [7, 11) is 0. The Morgan fingerprint density at radius 2 is 2.16 bits per heavy atom. The van der Waals surface area contributed by atoms with Gasteiger partial charge in [0.05, 0.1) is 11.0 Å². The highest BCUT2D eigenvalue weighted by Gasteiger charge is 2.19. The number of rotatable bonds is 3. The van der Waals surface area contributed by atoms with Gasteiger partial charge in [0.2, 0.25) is 11.6 Å². The number of nitro groups is 1. The number of benzene rings is 1. The van der Waals surface area contributed by atoms with Gasteiger partial charge in [0.1, 0.15) is 22.4 Å². The quantitative estimate of drug-likeness (QED) is 0.686. The van der Waals surface area contributed by atoms with E-state index in [1.807, 2.05) is 0 Å². The summed E-state index contributed by atoms with van der Waals surface area (Å²) in [6.45, 7) is 0. The van der Waals surface area contributed by atoms with Gasteiger partial charge in [0.25, 0.3) is 0 Å². The van der Waals surface area contributed by atoms with Crippen molar-refractivity contribution in [3.05, 3.63) is 44.9 Å². The molecule has 0 atom stereocenters. The molecule has 0 aliphatic rings. The van der Waals surface area contributed by atoms with Crippen LogP contribution in [0.25, 0.3) is 0 Å². The van der Waals surface area contributed by atoms with E-state index in [2.05, 4.69) is 25.9 Å². The van der Waals surface area contributed by atoms with Gasteiger partial charge in [-0.3, -0.25) is 10.1 Å². The fourth-order valence-corrected chi connectivity index (χ4v) is 1.55. The van der Waals surface area contributed by atoms with Gasteiger partial charge in [-0.25, -0.2) is 14.4 Å². The molecule has 0 spiro atoms. The fourth-order valence-electron chi connectivity index (χ4n) is 1.26. The molecule has 0 unspecified atom stereocenters. The van der Waals surface area contributed by atoms with Gasteiger partial charge in [0, 0.05) is 0 Å². The number of ether oxygens (including phenoxy) is 1. The summed E-state index contributed by atoms with van der Waals surface area (Å²) in [5.41, 5.74) is 5.01. The number of nitrogens with two attached hydrogens (primary N) is 1. The van der Waals surface area contributed by atoms with Crippen molar-refractivity contribution in [1.82, 2.24) is 9.97 Å². The highest BCUT2D eigenvalue weighted by atomic mass is 79.9. The minimum atomic E-state index is -0.753. The molecule has 0 aliphatic carbocycles. The third-order valence-corrected chi connectivity index (χ3v) is 2.85. The predicted molar refractivity (Wildman–Crippen MR) is 67.3 cm³/mol. The van der Waals surface area contributed by atoms with Crippen LogP contribution >= 0.6 is 15.9 Å². The van der Waals surface area contributed by atoms with E-state index >= 15 is 0 Å². The van der Waals surface area contributed by atoms with Gasteiger partial charge >= 0.3 is 5.69 Å². The monoisotopic (exact) mass is 328 g/mol. The van der Waals surface area contributed by atoms with Crippen LogP contribution in [0.4, 0.5) is 15.9 Å². The fraction of sp³-hybridized carbons (Fsp3) is 0. The molecule has 9 heteroatoms. The summed E-state index contributed by atoms with van der Waals surface area (Å²) in [4.78, 5) is 17.5. The first kappa shape index (κ1) is 13.1. The van der Waals surface area contributed by atoms with Crippen LogP contribution in [0, 0.1) is 15.9 Å². The van der Waals surface area contributed by atoms with E-state index in [4.69, 9.17) is 10.5 Å². The Bertz CT molecular complexity index is 653. The molecular formula is C10H6BrFN4O3. The highest BCUT2D eigenvalue weighted by Crippen LogP contribution is 2.35. The van der Waals surface area contributed by atoms with E-state index in [1.54, 1.807) is 0 Å². The van der Waals surface area contributed by atoms with Crippen molar-refractivity contribution < 1.29 is 14.1 Å². The van der Waals surface area contributed by atoms with Crippen LogP contribution in [0.1, 0.15) is 0 Å². The maximum absolute atomic E-state index is 13.0. The summed E-state index contributed by atoms with van der Waals surface area (Å²) in [5, 5.41) is 10.8. The number of anilines is 1. The van der Waals surface area contributed by atoms with E-state index in [0.29, 0.717) is 0 Å². The average Bonchev–Trinajstić information content (AvgIpc) is 2.36. The first-order valence-electron chi connectivity index (χ1n) is 4.87. The van der Waals surface area contributed by atoms with Gasteiger partial charge in [0.15, 0.2) is 0 Å². The predicted octanol–water partition coefficient (Wildman–Crippen LogP) is 2.66. The third kappa shape index (κ3) is 2.76. The Kier molecular flexibility index (Phi) is 3.56. The lowest BCUT2D eigenvalue weighted by atomic mass is 10.3. The van der Waals surface area contributed by atoms with Gasteiger partial charge in [-0.1, -0.05) is 0 Å². The van der Waals surface area contributed by atoms with Crippen molar-refractivity contribution in [1.29, 1.82) is 0 Å². The van der Waals surface area contributed by atoms with Crippen LogP contribution in [0.3, 0.4) is 0 Å². The molecule has 0 amide bonds. The van der Waals surface area contributed by atoms with Gasteiger partial charge in [-0.2, -0.15) is 0 Å². The molecule has 1 heterocycles. The summed E-state index contributed by atoms with van der Waals surface area (Å²) in [5.74, 6) is -0.762. The number of nitro benzene ring substituents is 1. The molecule has 2 rings (SSSR count). The number of nitrogen functional groups attached to an aromatic ring is 1. The maximum Gasteiger partial charge on any atom is 0.314 e. The zero-order valence-electron chi connectivity index (χ0n) is 9.21. The van der Waals surface area contributed by atoms with Gasteiger partial charge in [-0.05, 0) is 28.1 Å². The Hall–Kier alpha value is -2.29. The van der Waals surface area contributed by atoms with Crippen LogP contribution in [-0.2, 0) is 0 Å². The summed E-state index contributed by atoms with van der Waals surface area (Å²) in [6.07, 6.45) is 1.14. The van der Waals surface area contributed by atoms with Crippen LogP contribution < -0.4 is 10.5 Å². The highest BCUT2D eigenvalue weighted by molar-refractivity contribution is 9.10. The van der Waals surface area contributed by atoms with E-state index < -0.39 is 16.4 Å². The molecule has 0 aliphatic heterocycles. The second-order valence-electron chi connectivity index (χ2n) is 3.35. The average molecular weight is 329 g/mol. The molecule has 0 saturated carbocycles. The Labute approximate surface area is 114 Å². The molecule has 0 bridgehead atoms. The molecule has 7 nitrogen and oxygen atoms in total.